The van der Waals surface area contributed by atoms with Crippen molar-refractivity contribution in [2.24, 2.45) is 0 Å². The van der Waals surface area contributed by atoms with Crippen molar-refractivity contribution in [2.45, 2.75) is 0 Å². The molecule has 1 aromatic rings. The molecule has 1 aliphatic heterocycles. The fraction of sp³-hybridized carbons (Fsp3) is 0.100. The Labute approximate surface area is 111 Å². The van der Waals surface area contributed by atoms with Crippen molar-refractivity contribution < 1.29 is 14.7 Å². The predicted octanol–water partition coefficient (Wildman–Crippen LogP) is 2.03. The van der Waals surface area contributed by atoms with E-state index < -0.39 is 5.97 Å². The summed E-state index contributed by atoms with van der Waals surface area (Å²) < 4.78 is 0.292. The quantitative estimate of drug-likeness (QED) is 0.680. The molecule has 0 radical (unpaired) electrons. The maximum atomic E-state index is 11.9. The van der Waals surface area contributed by atoms with Crippen LogP contribution in [-0.2, 0) is 9.59 Å². The summed E-state index contributed by atoms with van der Waals surface area (Å²) in [6.07, 6.45) is 1.73. The molecule has 0 spiro atoms. The topological polar surface area (TPSA) is 57.6 Å². The van der Waals surface area contributed by atoms with Gasteiger partial charge in [0.15, 0.2) is 0 Å². The molecule has 0 aromatic carbocycles. The number of hydrogen-bond acceptors (Lipinski definition) is 5. The first-order valence-electron chi connectivity index (χ1n) is 4.58. The van der Waals surface area contributed by atoms with Crippen molar-refractivity contribution in [3.05, 3.63) is 27.3 Å². The molecule has 1 aliphatic rings. The maximum Gasteiger partial charge on any atom is 0.323 e. The van der Waals surface area contributed by atoms with Crippen molar-refractivity contribution in [2.75, 3.05) is 6.54 Å². The highest BCUT2D eigenvalue weighted by atomic mass is 32.2. The smallest absolute Gasteiger partial charge is 0.323 e. The average molecular weight is 285 g/mol. The van der Waals surface area contributed by atoms with E-state index in [4.69, 9.17) is 17.3 Å². The average Bonchev–Trinajstić information content (AvgIpc) is 2.83. The third kappa shape index (κ3) is 2.74. The van der Waals surface area contributed by atoms with E-state index in [0.29, 0.717) is 9.23 Å². The minimum atomic E-state index is -1.07. The molecule has 4 nitrogen and oxygen atoms in total. The summed E-state index contributed by atoms with van der Waals surface area (Å²) in [6.45, 7) is -0.382. The minimum absolute atomic E-state index is 0.292. The molecule has 0 atom stereocenters. The van der Waals surface area contributed by atoms with E-state index in [1.165, 1.54) is 11.3 Å². The van der Waals surface area contributed by atoms with Gasteiger partial charge in [-0.15, -0.1) is 11.3 Å². The van der Waals surface area contributed by atoms with Gasteiger partial charge in [-0.25, -0.2) is 0 Å². The molecular weight excluding hydrogens is 278 g/mol. The molecule has 1 aromatic heterocycles. The molecular formula is C10H7NO3S3. The van der Waals surface area contributed by atoms with E-state index in [2.05, 4.69) is 0 Å². The van der Waals surface area contributed by atoms with Crippen LogP contribution in [-0.4, -0.2) is 32.7 Å². The van der Waals surface area contributed by atoms with Gasteiger partial charge in [-0.1, -0.05) is 30.0 Å². The molecule has 1 amide bonds. The molecule has 1 fully saturated rings. The number of thiocarbonyl (C=S) groups is 1. The standard InChI is InChI=1S/C10H7NO3S3/c12-8(13)5-11-9(14)7(17-10(11)15)4-6-2-1-3-16-6/h1-4H,5H2,(H,12,13). The van der Waals surface area contributed by atoms with Gasteiger partial charge in [-0.3, -0.25) is 14.5 Å². The van der Waals surface area contributed by atoms with Crippen LogP contribution >= 0.6 is 35.3 Å². The first-order chi connectivity index (χ1) is 8.08. The van der Waals surface area contributed by atoms with Crippen LogP contribution in [0.3, 0.4) is 0 Å². The highest BCUT2D eigenvalue weighted by molar-refractivity contribution is 8.26. The first-order valence-corrected chi connectivity index (χ1v) is 6.69. The van der Waals surface area contributed by atoms with Crippen molar-refractivity contribution in [3.63, 3.8) is 0 Å². The van der Waals surface area contributed by atoms with Crippen LogP contribution in [0.5, 0.6) is 0 Å². The summed E-state index contributed by atoms with van der Waals surface area (Å²) >= 11 is 7.62. The largest absolute Gasteiger partial charge is 0.480 e. The molecule has 17 heavy (non-hydrogen) atoms. The molecule has 1 saturated heterocycles. The van der Waals surface area contributed by atoms with Crippen molar-refractivity contribution >= 4 is 57.6 Å². The van der Waals surface area contributed by atoms with Crippen LogP contribution in [0.15, 0.2) is 22.4 Å². The summed E-state index contributed by atoms with van der Waals surface area (Å²) in [6, 6.07) is 3.77. The minimum Gasteiger partial charge on any atom is -0.480 e. The Hall–Kier alpha value is -1.18. The van der Waals surface area contributed by atoms with Gasteiger partial charge in [-0.2, -0.15) is 0 Å². The van der Waals surface area contributed by atoms with Gasteiger partial charge >= 0.3 is 5.97 Å². The Balaban J connectivity index is 2.21. The van der Waals surface area contributed by atoms with Gasteiger partial charge in [0.25, 0.3) is 5.91 Å². The first kappa shape index (κ1) is 12.3. The lowest BCUT2D eigenvalue weighted by atomic mass is 10.4. The highest BCUT2D eigenvalue weighted by Gasteiger charge is 2.33. The number of carboxylic acids is 1. The second kappa shape index (κ2) is 4.99. The van der Waals surface area contributed by atoms with Gasteiger partial charge in [0.2, 0.25) is 0 Å². The third-order valence-corrected chi connectivity index (χ3v) is 4.18. The Morgan fingerprint density at radius 3 is 2.94 bits per heavy atom. The van der Waals surface area contributed by atoms with Gasteiger partial charge < -0.3 is 5.11 Å². The number of carbonyl (C=O) groups excluding carboxylic acids is 1. The number of thiophene rings is 1. The SMILES string of the molecule is O=C(O)CN1C(=O)C(=Cc2cccs2)SC1=S. The highest BCUT2D eigenvalue weighted by Crippen LogP contribution is 2.32. The monoisotopic (exact) mass is 285 g/mol. The number of amides is 1. The molecule has 2 rings (SSSR count). The number of nitrogens with zero attached hydrogens (tertiary/aromatic N) is 1. The summed E-state index contributed by atoms with van der Waals surface area (Å²) in [4.78, 5) is 25.0. The fourth-order valence-electron chi connectivity index (χ4n) is 1.27. The zero-order chi connectivity index (χ0) is 12.4. The normalized spacial score (nSPS) is 18.1. The van der Waals surface area contributed by atoms with Gasteiger partial charge in [0, 0.05) is 4.88 Å². The van der Waals surface area contributed by atoms with Gasteiger partial charge in [0.05, 0.1) is 4.91 Å². The molecule has 0 bridgehead atoms. The lowest BCUT2D eigenvalue weighted by Crippen LogP contribution is -2.33. The Morgan fingerprint density at radius 2 is 2.35 bits per heavy atom. The van der Waals surface area contributed by atoms with Crippen molar-refractivity contribution in [3.8, 4) is 0 Å². The van der Waals surface area contributed by atoms with Crippen LogP contribution in [0.4, 0.5) is 0 Å². The third-order valence-electron chi connectivity index (χ3n) is 1.98. The molecule has 88 valence electrons. The number of carboxylic acid groups (broad SMARTS) is 1. The maximum absolute atomic E-state index is 11.9. The second-order valence-electron chi connectivity index (χ2n) is 3.18. The zero-order valence-electron chi connectivity index (χ0n) is 8.45. The lowest BCUT2D eigenvalue weighted by Gasteiger charge is -2.09. The Kier molecular flexibility index (Phi) is 3.60. The van der Waals surface area contributed by atoms with E-state index in [-0.39, 0.29) is 12.5 Å². The number of aliphatic carboxylic acids is 1. The summed E-state index contributed by atoms with van der Waals surface area (Å²) in [5.41, 5.74) is 0. The van der Waals surface area contributed by atoms with E-state index in [0.717, 1.165) is 21.5 Å². The predicted molar refractivity (Wildman–Crippen MR) is 71.8 cm³/mol. The molecule has 0 saturated carbocycles. The van der Waals surface area contributed by atoms with Crippen LogP contribution in [0, 0.1) is 0 Å². The zero-order valence-corrected chi connectivity index (χ0v) is 10.9. The molecule has 2 heterocycles. The van der Waals surface area contributed by atoms with E-state index in [1.807, 2.05) is 17.5 Å². The van der Waals surface area contributed by atoms with Crippen LogP contribution in [0.2, 0.25) is 0 Å². The Bertz CT molecular complexity index is 507. The molecule has 7 heteroatoms. The van der Waals surface area contributed by atoms with Crippen LogP contribution in [0.1, 0.15) is 4.88 Å². The number of thioether (sulfide) groups is 1. The lowest BCUT2D eigenvalue weighted by molar-refractivity contribution is -0.140. The summed E-state index contributed by atoms with van der Waals surface area (Å²) in [7, 11) is 0. The number of hydrogen-bond donors (Lipinski definition) is 1. The van der Waals surface area contributed by atoms with E-state index in [1.54, 1.807) is 6.08 Å². The second-order valence-corrected chi connectivity index (χ2v) is 5.83. The van der Waals surface area contributed by atoms with Crippen LogP contribution < -0.4 is 0 Å². The summed E-state index contributed by atoms with van der Waals surface area (Å²) in [5, 5.41) is 10.6. The van der Waals surface area contributed by atoms with Crippen molar-refractivity contribution in [1.82, 2.24) is 4.90 Å². The van der Waals surface area contributed by atoms with Gasteiger partial charge in [0.1, 0.15) is 10.9 Å². The summed E-state index contributed by atoms with van der Waals surface area (Å²) in [5.74, 6) is -1.41. The van der Waals surface area contributed by atoms with E-state index in [9.17, 15) is 9.59 Å². The number of carbonyl (C=O) groups is 2. The van der Waals surface area contributed by atoms with Crippen LogP contribution in [0.25, 0.3) is 6.08 Å². The van der Waals surface area contributed by atoms with E-state index >= 15 is 0 Å². The fourth-order valence-corrected chi connectivity index (χ4v) is 3.25. The molecule has 1 N–H and O–H groups in total. The number of rotatable bonds is 3. The molecule has 0 aliphatic carbocycles. The molecule has 0 unspecified atom stereocenters. The van der Waals surface area contributed by atoms with Crippen molar-refractivity contribution in [1.29, 1.82) is 0 Å². The Morgan fingerprint density at radius 1 is 1.59 bits per heavy atom. The van der Waals surface area contributed by atoms with Gasteiger partial charge in [-0.05, 0) is 17.5 Å².